The van der Waals surface area contributed by atoms with E-state index in [-0.39, 0.29) is 17.9 Å². The van der Waals surface area contributed by atoms with Gasteiger partial charge in [-0.15, -0.1) is 0 Å². The largest absolute Gasteiger partial charge is 0.462 e. The SMILES string of the molecule is CCOC(=O)[C@@H]([NH3+])[C@@H](O)c1cccc([N+](=O)[O-])c1. The number of esters is 1. The lowest BCUT2D eigenvalue weighted by Crippen LogP contribution is -2.68. The standard InChI is InChI=1S/C11H14N2O5/c1-2-18-11(15)9(12)10(14)7-4-3-5-8(6-7)13(16)17/h3-6,9-10,14H,2,12H2,1H3/p+1/t9-,10-/m0/s1. The Hall–Kier alpha value is -1.99. The van der Waals surface area contributed by atoms with E-state index in [0.29, 0.717) is 0 Å². The maximum Gasteiger partial charge on any atom is 0.367 e. The minimum Gasteiger partial charge on any atom is -0.462 e. The molecule has 0 fully saturated rings. The molecule has 7 nitrogen and oxygen atoms in total. The van der Waals surface area contributed by atoms with Crippen molar-refractivity contribution in [3.8, 4) is 0 Å². The first-order chi connectivity index (χ1) is 8.47. The molecule has 0 aliphatic heterocycles. The molecule has 18 heavy (non-hydrogen) atoms. The van der Waals surface area contributed by atoms with Gasteiger partial charge in [-0.3, -0.25) is 10.1 Å². The smallest absolute Gasteiger partial charge is 0.367 e. The van der Waals surface area contributed by atoms with E-state index in [1.54, 1.807) is 6.92 Å². The molecule has 1 aromatic rings. The van der Waals surface area contributed by atoms with Crippen molar-refractivity contribution < 1.29 is 25.3 Å². The van der Waals surface area contributed by atoms with E-state index < -0.39 is 23.0 Å². The van der Waals surface area contributed by atoms with E-state index in [0.717, 1.165) is 0 Å². The second-order valence-corrected chi connectivity index (χ2v) is 3.66. The van der Waals surface area contributed by atoms with Crippen molar-refractivity contribution in [1.29, 1.82) is 0 Å². The molecule has 0 spiro atoms. The van der Waals surface area contributed by atoms with Gasteiger partial charge in [0.1, 0.15) is 6.10 Å². The van der Waals surface area contributed by atoms with Gasteiger partial charge in [0.05, 0.1) is 11.5 Å². The van der Waals surface area contributed by atoms with Crippen LogP contribution in [0.5, 0.6) is 0 Å². The third-order valence-corrected chi connectivity index (χ3v) is 2.39. The number of rotatable bonds is 5. The highest BCUT2D eigenvalue weighted by atomic mass is 16.6. The normalized spacial score (nSPS) is 13.7. The number of hydrogen-bond donors (Lipinski definition) is 2. The number of aliphatic hydroxyl groups excluding tert-OH is 1. The summed E-state index contributed by atoms with van der Waals surface area (Å²) in [7, 11) is 0. The lowest BCUT2D eigenvalue weighted by Gasteiger charge is -2.14. The molecule has 0 aromatic heterocycles. The van der Waals surface area contributed by atoms with E-state index in [9.17, 15) is 20.0 Å². The van der Waals surface area contributed by atoms with Crippen LogP contribution in [0.4, 0.5) is 5.69 Å². The van der Waals surface area contributed by atoms with Crippen LogP contribution in [0, 0.1) is 10.1 Å². The number of benzene rings is 1. The third-order valence-electron chi connectivity index (χ3n) is 2.39. The Kier molecular flexibility index (Phi) is 4.75. The van der Waals surface area contributed by atoms with Crippen molar-refractivity contribution in [2.75, 3.05) is 6.61 Å². The van der Waals surface area contributed by atoms with Crippen molar-refractivity contribution in [1.82, 2.24) is 0 Å². The van der Waals surface area contributed by atoms with E-state index in [1.807, 2.05) is 0 Å². The Morgan fingerprint density at radius 1 is 1.61 bits per heavy atom. The summed E-state index contributed by atoms with van der Waals surface area (Å²) < 4.78 is 4.73. The molecular formula is C11H15N2O5+. The summed E-state index contributed by atoms with van der Waals surface area (Å²) in [6, 6.07) is 4.43. The highest BCUT2D eigenvalue weighted by Crippen LogP contribution is 2.20. The summed E-state index contributed by atoms with van der Waals surface area (Å²) in [4.78, 5) is 21.4. The van der Waals surface area contributed by atoms with Gasteiger partial charge in [0.25, 0.3) is 5.69 Å². The van der Waals surface area contributed by atoms with Crippen molar-refractivity contribution in [2.45, 2.75) is 19.1 Å². The van der Waals surface area contributed by atoms with Crippen LogP contribution in [0.3, 0.4) is 0 Å². The first kappa shape index (κ1) is 14.1. The Bertz CT molecular complexity index is 449. The molecule has 0 bridgehead atoms. The predicted molar refractivity (Wildman–Crippen MR) is 61.4 cm³/mol. The molecule has 1 aromatic carbocycles. The number of nitro benzene ring substituents is 1. The van der Waals surface area contributed by atoms with Crippen molar-refractivity contribution in [3.05, 3.63) is 39.9 Å². The molecule has 7 heteroatoms. The van der Waals surface area contributed by atoms with Gasteiger partial charge in [-0.25, -0.2) is 4.79 Å². The molecule has 0 saturated carbocycles. The zero-order chi connectivity index (χ0) is 13.7. The van der Waals surface area contributed by atoms with Gasteiger partial charge < -0.3 is 15.6 Å². The molecule has 1 rings (SSSR count). The fraction of sp³-hybridized carbons (Fsp3) is 0.364. The zero-order valence-electron chi connectivity index (χ0n) is 9.91. The molecule has 0 saturated heterocycles. The molecule has 4 N–H and O–H groups in total. The van der Waals surface area contributed by atoms with Crippen molar-refractivity contribution >= 4 is 11.7 Å². The summed E-state index contributed by atoms with van der Waals surface area (Å²) >= 11 is 0. The van der Waals surface area contributed by atoms with Crippen molar-refractivity contribution in [3.63, 3.8) is 0 Å². The van der Waals surface area contributed by atoms with Gasteiger partial charge in [0.2, 0.25) is 6.04 Å². The summed E-state index contributed by atoms with van der Waals surface area (Å²) in [6.07, 6.45) is -1.23. The molecule has 0 aliphatic carbocycles. The molecule has 0 amide bonds. The van der Waals surface area contributed by atoms with Gasteiger partial charge in [-0.2, -0.15) is 0 Å². The lowest BCUT2D eigenvalue weighted by atomic mass is 10.0. The second-order valence-electron chi connectivity index (χ2n) is 3.66. The monoisotopic (exact) mass is 255 g/mol. The molecule has 0 radical (unpaired) electrons. The number of aliphatic hydroxyl groups is 1. The van der Waals surface area contributed by atoms with E-state index in [4.69, 9.17) is 4.74 Å². The Balaban J connectivity index is 2.89. The number of nitro groups is 1. The average molecular weight is 255 g/mol. The molecule has 0 heterocycles. The predicted octanol–water partition coefficient (Wildman–Crippen LogP) is -0.198. The maximum atomic E-state index is 11.4. The Labute approximate surface area is 103 Å². The Morgan fingerprint density at radius 2 is 2.28 bits per heavy atom. The number of carbonyl (C=O) groups excluding carboxylic acids is 1. The molecule has 0 aliphatic rings. The van der Waals surface area contributed by atoms with E-state index in [1.165, 1.54) is 24.3 Å². The van der Waals surface area contributed by atoms with Crippen LogP contribution in [0.2, 0.25) is 0 Å². The summed E-state index contributed by atoms with van der Waals surface area (Å²) in [5.41, 5.74) is 3.62. The topological polar surface area (TPSA) is 117 Å². The maximum absolute atomic E-state index is 11.4. The molecule has 2 atom stereocenters. The first-order valence-electron chi connectivity index (χ1n) is 5.39. The van der Waals surface area contributed by atoms with Gasteiger partial charge in [-0.05, 0) is 12.5 Å². The minimum atomic E-state index is -1.23. The summed E-state index contributed by atoms with van der Waals surface area (Å²) in [6.45, 7) is 1.83. The zero-order valence-corrected chi connectivity index (χ0v) is 9.91. The van der Waals surface area contributed by atoms with Gasteiger partial charge >= 0.3 is 5.97 Å². The number of quaternary nitrogens is 1. The van der Waals surface area contributed by atoms with Crippen molar-refractivity contribution in [2.24, 2.45) is 0 Å². The fourth-order valence-corrected chi connectivity index (χ4v) is 1.43. The number of ether oxygens (including phenoxy) is 1. The van der Waals surface area contributed by atoms with Crippen LogP contribution < -0.4 is 5.73 Å². The summed E-state index contributed by atoms with van der Waals surface area (Å²) in [5, 5.41) is 20.5. The fourth-order valence-electron chi connectivity index (χ4n) is 1.43. The summed E-state index contributed by atoms with van der Waals surface area (Å²) in [5.74, 6) is -0.642. The third kappa shape index (κ3) is 3.25. The number of hydrogen-bond acceptors (Lipinski definition) is 5. The number of carbonyl (C=O) groups is 1. The van der Waals surface area contributed by atoms with Crippen LogP contribution in [0.25, 0.3) is 0 Å². The molecule has 98 valence electrons. The first-order valence-corrected chi connectivity index (χ1v) is 5.39. The van der Waals surface area contributed by atoms with Crippen LogP contribution in [0.15, 0.2) is 24.3 Å². The quantitative estimate of drug-likeness (QED) is 0.429. The molecule has 0 unspecified atom stereocenters. The average Bonchev–Trinajstić information content (AvgIpc) is 2.37. The van der Waals surface area contributed by atoms with Crippen LogP contribution in [0.1, 0.15) is 18.6 Å². The van der Waals surface area contributed by atoms with Crippen LogP contribution in [-0.2, 0) is 9.53 Å². The number of non-ortho nitro benzene ring substituents is 1. The second kappa shape index (κ2) is 6.08. The Morgan fingerprint density at radius 3 is 2.83 bits per heavy atom. The van der Waals surface area contributed by atoms with Gasteiger partial charge in [-0.1, -0.05) is 12.1 Å². The van der Waals surface area contributed by atoms with E-state index >= 15 is 0 Å². The van der Waals surface area contributed by atoms with Crippen LogP contribution >= 0.6 is 0 Å². The van der Waals surface area contributed by atoms with Crippen LogP contribution in [-0.4, -0.2) is 28.6 Å². The van der Waals surface area contributed by atoms with Gasteiger partial charge in [0.15, 0.2) is 0 Å². The van der Waals surface area contributed by atoms with E-state index in [2.05, 4.69) is 5.73 Å². The lowest BCUT2D eigenvalue weighted by molar-refractivity contribution is -0.426. The van der Waals surface area contributed by atoms with Gasteiger partial charge in [0, 0.05) is 12.1 Å². The minimum absolute atomic E-state index is 0.150. The number of nitrogens with zero attached hydrogens (tertiary/aromatic N) is 1. The highest BCUT2D eigenvalue weighted by molar-refractivity contribution is 5.75. The molecular weight excluding hydrogens is 240 g/mol. The highest BCUT2D eigenvalue weighted by Gasteiger charge is 2.29.